The van der Waals surface area contributed by atoms with E-state index in [2.05, 4.69) is 21.2 Å². The number of ether oxygens (including phenoxy) is 1. The Morgan fingerprint density at radius 2 is 1.71 bits per heavy atom. The Balaban J connectivity index is 1.31. The second-order valence-electron chi connectivity index (χ2n) is 9.75. The highest BCUT2D eigenvalue weighted by Crippen LogP contribution is 2.56. The number of hydrogen-bond donors (Lipinski definition) is 1. The number of rotatable bonds is 7. The third-order valence-electron chi connectivity index (χ3n) is 7.63. The number of aryl methyl sites for hydroxylation is 1. The van der Waals surface area contributed by atoms with Crippen LogP contribution in [0.5, 0.6) is 0 Å². The lowest BCUT2D eigenvalue weighted by Gasteiger charge is -2.26. The molecular weight excluding hydrogens is 512 g/mol. The molecular formula is C27H27BrN2O5. The summed E-state index contributed by atoms with van der Waals surface area (Å²) in [4.78, 5) is 53.6. The molecule has 8 heteroatoms. The normalized spacial score (nSPS) is 25.5. The standard InChI is InChI=1S/C27H27BrN2O5/c1-15-11-19(28)9-10-20(15)29-22(31)14-35-27(34)21(12-16-5-3-2-4-6-16)30-25(32)23-17-7-8-18(13-17)24(23)26(30)33/h2-6,9-11,17-18,21,23-24H,7-8,12-14H2,1H3,(H,29,31)/t17-,18-,21+,23-,24+/m0/s1. The second-order valence-corrected chi connectivity index (χ2v) is 10.7. The Morgan fingerprint density at radius 3 is 2.34 bits per heavy atom. The van der Waals surface area contributed by atoms with Crippen molar-refractivity contribution in [1.29, 1.82) is 0 Å². The molecule has 0 radical (unpaired) electrons. The number of likely N-dealkylation sites (tertiary alicyclic amines) is 1. The summed E-state index contributed by atoms with van der Waals surface area (Å²) in [6, 6.07) is 13.6. The molecule has 1 aliphatic heterocycles. The van der Waals surface area contributed by atoms with E-state index in [0.717, 1.165) is 39.8 Å². The topological polar surface area (TPSA) is 92.8 Å². The molecule has 0 spiro atoms. The van der Waals surface area contributed by atoms with Crippen molar-refractivity contribution in [1.82, 2.24) is 4.90 Å². The predicted octanol–water partition coefficient (Wildman–Crippen LogP) is 3.88. The maximum atomic E-state index is 13.4. The van der Waals surface area contributed by atoms with Crippen molar-refractivity contribution in [3.05, 3.63) is 64.1 Å². The fourth-order valence-electron chi connectivity index (χ4n) is 6.04. The molecule has 2 saturated carbocycles. The van der Waals surface area contributed by atoms with Gasteiger partial charge in [-0.3, -0.25) is 19.3 Å². The molecule has 3 fully saturated rings. The molecule has 2 bridgehead atoms. The maximum Gasteiger partial charge on any atom is 0.330 e. The van der Waals surface area contributed by atoms with Gasteiger partial charge >= 0.3 is 5.97 Å². The zero-order valence-corrected chi connectivity index (χ0v) is 21.0. The van der Waals surface area contributed by atoms with Gasteiger partial charge in [-0.25, -0.2) is 4.79 Å². The molecule has 1 saturated heterocycles. The molecule has 182 valence electrons. The number of carbonyl (C=O) groups is 4. The summed E-state index contributed by atoms with van der Waals surface area (Å²) in [5.41, 5.74) is 2.28. The summed E-state index contributed by atoms with van der Waals surface area (Å²) in [7, 11) is 0. The van der Waals surface area contributed by atoms with Crippen LogP contribution in [0.1, 0.15) is 30.4 Å². The van der Waals surface area contributed by atoms with Gasteiger partial charge in [0, 0.05) is 16.6 Å². The van der Waals surface area contributed by atoms with Crippen LogP contribution >= 0.6 is 15.9 Å². The van der Waals surface area contributed by atoms with E-state index in [1.165, 1.54) is 0 Å². The van der Waals surface area contributed by atoms with Gasteiger partial charge in [0.05, 0.1) is 11.8 Å². The second kappa shape index (κ2) is 9.57. The van der Waals surface area contributed by atoms with Crippen LogP contribution in [0, 0.1) is 30.6 Å². The smallest absolute Gasteiger partial charge is 0.330 e. The third kappa shape index (κ3) is 4.51. The molecule has 2 aromatic carbocycles. The summed E-state index contributed by atoms with van der Waals surface area (Å²) >= 11 is 3.38. The zero-order chi connectivity index (χ0) is 24.7. The number of anilines is 1. The number of carbonyl (C=O) groups excluding carboxylic acids is 4. The van der Waals surface area contributed by atoms with Gasteiger partial charge in [-0.1, -0.05) is 46.3 Å². The number of amides is 3. The molecule has 35 heavy (non-hydrogen) atoms. The van der Waals surface area contributed by atoms with Crippen LogP contribution in [0.2, 0.25) is 0 Å². The van der Waals surface area contributed by atoms with E-state index in [1.54, 1.807) is 12.1 Å². The first-order chi connectivity index (χ1) is 16.8. The van der Waals surface area contributed by atoms with E-state index in [1.807, 2.05) is 43.3 Å². The Bertz CT molecular complexity index is 1160. The molecule has 0 aromatic heterocycles. The van der Waals surface area contributed by atoms with Gasteiger partial charge in [-0.15, -0.1) is 0 Å². The van der Waals surface area contributed by atoms with Crippen LogP contribution in [0.15, 0.2) is 53.0 Å². The van der Waals surface area contributed by atoms with Crippen LogP contribution in [-0.4, -0.2) is 41.2 Å². The summed E-state index contributed by atoms with van der Waals surface area (Å²) in [5.74, 6) is -1.96. The number of nitrogens with zero attached hydrogens (tertiary/aromatic N) is 1. The maximum absolute atomic E-state index is 13.4. The van der Waals surface area contributed by atoms with Crippen LogP contribution in [0.4, 0.5) is 5.69 Å². The van der Waals surface area contributed by atoms with Gasteiger partial charge in [0.15, 0.2) is 6.61 Å². The van der Waals surface area contributed by atoms with E-state index < -0.39 is 24.5 Å². The summed E-state index contributed by atoms with van der Waals surface area (Å²) in [6.07, 6.45) is 2.99. The fourth-order valence-corrected chi connectivity index (χ4v) is 6.52. The quantitative estimate of drug-likeness (QED) is 0.426. The Morgan fingerprint density at radius 1 is 1.06 bits per heavy atom. The number of fused-ring (bicyclic) bond motifs is 5. The number of benzene rings is 2. The van der Waals surface area contributed by atoms with Crippen molar-refractivity contribution in [3.8, 4) is 0 Å². The Kier molecular flexibility index (Phi) is 6.49. The van der Waals surface area contributed by atoms with Gasteiger partial charge in [-0.2, -0.15) is 0 Å². The van der Waals surface area contributed by atoms with Crippen molar-refractivity contribution in [3.63, 3.8) is 0 Å². The molecule has 3 amide bonds. The lowest BCUT2D eigenvalue weighted by atomic mass is 9.81. The monoisotopic (exact) mass is 538 g/mol. The largest absolute Gasteiger partial charge is 0.454 e. The summed E-state index contributed by atoms with van der Waals surface area (Å²) in [5, 5.41) is 2.74. The van der Waals surface area contributed by atoms with Crippen molar-refractivity contribution in [2.45, 2.75) is 38.6 Å². The van der Waals surface area contributed by atoms with Crippen molar-refractivity contribution >= 4 is 45.3 Å². The first-order valence-electron chi connectivity index (χ1n) is 12.0. The van der Waals surface area contributed by atoms with Gasteiger partial charge in [0.2, 0.25) is 11.8 Å². The third-order valence-corrected chi connectivity index (χ3v) is 8.12. The molecule has 1 N–H and O–H groups in total. The minimum Gasteiger partial charge on any atom is -0.454 e. The Labute approximate surface area is 212 Å². The van der Waals surface area contributed by atoms with Gasteiger partial charge in [0.25, 0.3) is 5.91 Å². The molecule has 1 heterocycles. The molecule has 5 rings (SSSR count). The van der Waals surface area contributed by atoms with E-state index in [9.17, 15) is 19.2 Å². The number of esters is 1. The average Bonchev–Trinajstić information content (AvgIpc) is 3.52. The summed E-state index contributed by atoms with van der Waals surface area (Å²) < 4.78 is 6.26. The van der Waals surface area contributed by atoms with Gasteiger partial charge in [0.1, 0.15) is 6.04 Å². The summed E-state index contributed by atoms with van der Waals surface area (Å²) in [6.45, 7) is 1.35. The average molecular weight is 539 g/mol. The minimum absolute atomic E-state index is 0.152. The van der Waals surface area contributed by atoms with E-state index in [-0.39, 0.29) is 41.9 Å². The molecule has 2 aromatic rings. The molecule has 2 aliphatic carbocycles. The van der Waals surface area contributed by atoms with Crippen LogP contribution in [0.3, 0.4) is 0 Å². The van der Waals surface area contributed by atoms with E-state index >= 15 is 0 Å². The highest BCUT2D eigenvalue weighted by molar-refractivity contribution is 9.10. The first kappa shape index (κ1) is 23.7. The zero-order valence-electron chi connectivity index (χ0n) is 19.4. The fraction of sp³-hybridized carbons (Fsp3) is 0.407. The van der Waals surface area contributed by atoms with Crippen molar-refractivity contribution in [2.24, 2.45) is 23.7 Å². The van der Waals surface area contributed by atoms with Crippen LogP contribution in [0.25, 0.3) is 0 Å². The van der Waals surface area contributed by atoms with Crippen LogP contribution in [-0.2, 0) is 30.3 Å². The number of halogens is 1. The van der Waals surface area contributed by atoms with Gasteiger partial charge < -0.3 is 10.1 Å². The highest BCUT2D eigenvalue weighted by Gasteiger charge is 2.62. The van der Waals surface area contributed by atoms with E-state index in [4.69, 9.17) is 4.74 Å². The van der Waals surface area contributed by atoms with Gasteiger partial charge in [-0.05, 0) is 67.3 Å². The minimum atomic E-state index is -1.09. The SMILES string of the molecule is Cc1cc(Br)ccc1NC(=O)COC(=O)[C@@H](Cc1ccccc1)N1C(=O)[C@@H]2[C@H]3CC[C@@H](C3)[C@@H]2C1=O. The Hall–Kier alpha value is -3.00. The number of imide groups is 1. The lowest BCUT2D eigenvalue weighted by molar-refractivity contribution is -0.160. The number of nitrogens with one attached hydrogen (secondary N) is 1. The first-order valence-corrected chi connectivity index (χ1v) is 12.8. The molecule has 0 unspecified atom stereocenters. The molecule has 3 aliphatic rings. The van der Waals surface area contributed by atoms with E-state index in [0.29, 0.717) is 5.69 Å². The number of hydrogen-bond acceptors (Lipinski definition) is 5. The van der Waals surface area contributed by atoms with Crippen LogP contribution < -0.4 is 5.32 Å². The molecule has 5 atom stereocenters. The molecule has 7 nitrogen and oxygen atoms in total. The highest BCUT2D eigenvalue weighted by atomic mass is 79.9. The predicted molar refractivity (Wildman–Crippen MR) is 132 cm³/mol. The van der Waals surface area contributed by atoms with Crippen molar-refractivity contribution in [2.75, 3.05) is 11.9 Å². The van der Waals surface area contributed by atoms with Crippen molar-refractivity contribution < 1.29 is 23.9 Å². The lowest BCUT2D eigenvalue weighted by Crippen LogP contribution is -2.48.